The minimum Gasteiger partial charge on any atom is -0.478 e. The number of aromatic nitrogens is 1. The number of benzene rings is 1. The number of nitrogens with one attached hydrogen (secondary N) is 1. The van der Waals surface area contributed by atoms with Crippen molar-refractivity contribution in [1.82, 2.24) is 4.98 Å². The Balaban J connectivity index is 2.15. The van der Waals surface area contributed by atoms with Gasteiger partial charge in [-0.05, 0) is 29.8 Å². The zero-order valence-corrected chi connectivity index (χ0v) is 9.63. The molecule has 0 atom stereocenters. The van der Waals surface area contributed by atoms with Crippen LogP contribution in [0.25, 0.3) is 0 Å². The van der Waals surface area contributed by atoms with Gasteiger partial charge < -0.3 is 16.2 Å². The smallest absolute Gasteiger partial charge is 0.337 e. The van der Waals surface area contributed by atoms with Gasteiger partial charge in [0.05, 0.1) is 16.9 Å². The fourth-order valence-electron chi connectivity index (χ4n) is 1.60. The van der Waals surface area contributed by atoms with Crippen LogP contribution in [0.15, 0.2) is 42.7 Å². The van der Waals surface area contributed by atoms with Crippen LogP contribution in [-0.4, -0.2) is 16.1 Å². The number of nitrogens with zero attached hydrogens (tertiary/aromatic N) is 1. The highest BCUT2D eigenvalue weighted by Gasteiger charge is 2.10. The quantitative estimate of drug-likeness (QED) is 0.714. The van der Waals surface area contributed by atoms with Crippen LogP contribution in [0.3, 0.4) is 0 Å². The Morgan fingerprint density at radius 3 is 2.67 bits per heavy atom. The first-order valence-electron chi connectivity index (χ1n) is 5.43. The van der Waals surface area contributed by atoms with Crippen LogP contribution in [0.1, 0.15) is 15.9 Å². The Bertz CT molecular complexity index is 555. The molecule has 0 fully saturated rings. The predicted molar refractivity (Wildman–Crippen MR) is 69.4 cm³/mol. The van der Waals surface area contributed by atoms with Gasteiger partial charge in [0.2, 0.25) is 0 Å². The van der Waals surface area contributed by atoms with E-state index in [9.17, 15) is 4.79 Å². The van der Waals surface area contributed by atoms with E-state index in [1.807, 2.05) is 12.1 Å². The Kier molecular flexibility index (Phi) is 3.43. The van der Waals surface area contributed by atoms with Crippen LogP contribution < -0.4 is 11.1 Å². The lowest BCUT2D eigenvalue weighted by Gasteiger charge is -2.11. The molecule has 0 unspecified atom stereocenters. The number of carbonyl (C=O) groups is 1. The van der Waals surface area contributed by atoms with Gasteiger partial charge in [0, 0.05) is 18.9 Å². The van der Waals surface area contributed by atoms with Gasteiger partial charge in [0.15, 0.2) is 0 Å². The summed E-state index contributed by atoms with van der Waals surface area (Å²) in [5.41, 5.74) is 7.81. The monoisotopic (exact) mass is 243 g/mol. The summed E-state index contributed by atoms with van der Waals surface area (Å²) in [4.78, 5) is 14.9. The van der Waals surface area contributed by atoms with Crippen molar-refractivity contribution in [2.45, 2.75) is 6.54 Å². The highest BCUT2D eigenvalue weighted by atomic mass is 16.4. The molecule has 0 aliphatic rings. The first-order valence-corrected chi connectivity index (χ1v) is 5.43. The molecule has 2 aromatic rings. The van der Waals surface area contributed by atoms with Gasteiger partial charge >= 0.3 is 5.97 Å². The average molecular weight is 243 g/mol. The molecule has 18 heavy (non-hydrogen) atoms. The normalized spacial score (nSPS) is 10.0. The standard InChI is InChI=1S/C13H13N3O2/c14-12-10(13(17)18)2-1-3-11(12)16-8-9-4-6-15-7-5-9/h1-7,16H,8,14H2,(H,17,18). The summed E-state index contributed by atoms with van der Waals surface area (Å²) in [6, 6.07) is 8.65. The first-order chi connectivity index (χ1) is 8.68. The third kappa shape index (κ3) is 2.57. The Morgan fingerprint density at radius 1 is 1.28 bits per heavy atom. The summed E-state index contributed by atoms with van der Waals surface area (Å²) in [7, 11) is 0. The van der Waals surface area contributed by atoms with Crippen molar-refractivity contribution in [3.8, 4) is 0 Å². The third-order valence-electron chi connectivity index (χ3n) is 2.57. The van der Waals surface area contributed by atoms with Gasteiger partial charge in [-0.25, -0.2) is 4.79 Å². The summed E-state index contributed by atoms with van der Waals surface area (Å²) in [6.07, 6.45) is 3.40. The number of aromatic carboxylic acids is 1. The number of pyridine rings is 1. The van der Waals surface area contributed by atoms with E-state index < -0.39 is 5.97 Å². The number of hydrogen-bond acceptors (Lipinski definition) is 4. The fourth-order valence-corrected chi connectivity index (χ4v) is 1.60. The van der Waals surface area contributed by atoms with Crippen LogP contribution in [-0.2, 0) is 6.54 Å². The van der Waals surface area contributed by atoms with Crippen LogP contribution in [0.2, 0.25) is 0 Å². The molecule has 1 aromatic heterocycles. The van der Waals surface area contributed by atoms with Crippen molar-refractivity contribution >= 4 is 17.3 Å². The number of carboxylic acid groups (broad SMARTS) is 1. The van der Waals surface area contributed by atoms with E-state index in [1.165, 1.54) is 6.07 Å². The Morgan fingerprint density at radius 2 is 2.00 bits per heavy atom. The molecule has 0 saturated heterocycles. The van der Waals surface area contributed by atoms with Crippen LogP contribution in [0, 0.1) is 0 Å². The van der Waals surface area contributed by atoms with Crippen molar-refractivity contribution in [2.75, 3.05) is 11.1 Å². The highest BCUT2D eigenvalue weighted by Crippen LogP contribution is 2.23. The summed E-state index contributed by atoms with van der Waals surface area (Å²) in [5.74, 6) is -1.03. The Hall–Kier alpha value is -2.56. The van der Waals surface area contributed by atoms with E-state index in [4.69, 9.17) is 10.8 Å². The van der Waals surface area contributed by atoms with Crippen LogP contribution in [0.5, 0.6) is 0 Å². The van der Waals surface area contributed by atoms with E-state index in [0.29, 0.717) is 12.2 Å². The van der Waals surface area contributed by atoms with Gasteiger partial charge in [0.25, 0.3) is 0 Å². The van der Waals surface area contributed by atoms with Gasteiger partial charge in [0.1, 0.15) is 0 Å². The maximum Gasteiger partial charge on any atom is 0.337 e. The largest absolute Gasteiger partial charge is 0.478 e. The molecule has 0 aliphatic carbocycles. The van der Waals surface area contributed by atoms with Gasteiger partial charge in [-0.3, -0.25) is 4.98 Å². The van der Waals surface area contributed by atoms with Gasteiger partial charge in [-0.15, -0.1) is 0 Å². The zero-order chi connectivity index (χ0) is 13.0. The number of carboxylic acids is 1. The fraction of sp³-hybridized carbons (Fsp3) is 0.0769. The van der Waals surface area contributed by atoms with Crippen LogP contribution >= 0.6 is 0 Å². The second-order valence-corrected chi connectivity index (χ2v) is 3.78. The summed E-state index contributed by atoms with van der Waals surface area (Å²) in [5, 5.41) is 12.1. The summed E-state index contributed by atoms with van der Waals surface area (Å²) >= 11 is 0. The van der Waals surface area contributed by atoms with Gasteiger partial charge in [-0.2, -0.15) is 0 Å². The second kappa shape index (κ2) is 5.18. The molecular weight excluding hydrogens is 230 g/mol. The number of para-hydroxylation sites is 1. The van der Waals surface area contributed by atoms with E-state index in [1.54, 1.807) is 24.5 Å². The molecule has 0 spiro atoms. The SMILES string of the molecule is Nc1c(NCc2ccncc2)cccc1C(=O)O. The van der Waals surface area contributed by atoms with Crippen molar-refractivity contribution < 1.29 is 9.90 Å². The maximum absolute atomic E-state index is 10.9. The molecule has 1 heterocycles. The molecular formula is C13H13N3O2. The maximum atomic E-state index is 10.9. The van der Waals surface area contributed by atoms with E-state index in [2.05, 4.69) is 10.3 Å². The highest BCUT2D eigenvalue weighted by molar-refractivity contribution is 5.97. The average Bonchev–Trinajstić information content (AvgIpc) is 2.38. The number of nitrogen functional groups attached to an aromatic ring is 1. The third-order valence-corrected chi connectivity index (χ3v) is 2.57. The topological polar surface area (TPSA) is 88.2 Å². The zero-order valence-electron chi connectivity index (χ0n) is 9.63. The molecule has 2 rings (SSSR count). The molecule has 0 amide bonds. The number of anilines is 2. The van der Waals surface area contributed by atoms with Crippen molar-refractivity contribution in [2.24, 2.45) is 0 Å². The van der Waals surface area contributed by atoms with Crippen molar-refractivity contribution in [1.29, 1.82) is 0 Å². The molecule has 0 aliphatic heterocycles. The molecule has 0 bridgehead atoms. The minimum absolute atomic E-state index is 0.106. The van der Waals surface area contributed by atoms with Gasteiger partial charge in [-0.1, -0.05) is 6.07 Å². The number of rotatable bonds is 4. The van der Waals surface area contributed by atoms with Crippen LogP contribution in [0.4, 0.5) is 11.4 Å². The molecule has 0 saturated carbocycles. The van der Waals surface area contributed by atoms with E-state index >= 15 is 0 Å². The predicted octanol–water partition coefficient (Wildman–Crippen LogP) is 1.97. The lowest BCUT2D eigenvalue weighted by atomic mass is 10.1. The van der Waals surface area contributed by atoms with Crippen molar-refractivity contribution in [3.63, 3.8) is 0 Å². The minimum atomic E-state index is -1.03. The lowest BCUT2D eigenvalue weighted by Crippen LogP contribution is -2.07. The molecule has 5 heteroatoms. The molecule has 92 valence electrons. The molecule has 4 N–H and O–H groups in total. The first kappa shape index (κ1) is 11.9. The molecule has 5 nitrogen and oxygen atoms in total. The van der Waals surface area contributed by atoms with E-state index in [0.717, 1.165) is 5.56 Å². The Labute approximate surface area is 104 Å². The summed E-state index contributed by atoms with van der Waals surface area (Å²) < 4.78 is 0. The number of hydrogen-bond donors (Lipinski definition) is 3. The van der Waals surface area contributed by atoms with E-state index in [-0.39, 0.29) is 11.3 Å². The van der Waals surface area contributed by atoms with Crippen molar-refractivity contribution in [3.05, 3.63) is 53.9 Å². The number of nitrogens with two attached hydrogens (primary N) is 1. The molecule has 1 aromatic carbocycles. The lowest BCUT2D eigenvalue weighted by molar-refractivity contribution is 0.0698. The molecule has 0 radical (unpaired) electrons. The second-order valence-electron chi connectivity index (χ2n) is 3.78. The summed E-state index contributed by atoms with van der Waals surface area (Å²) in [6.45, 7) is 0.565.